The van der Waals surface area contributed by atoms with E-state index in [9.17, 15) is 9.59 Å². The van der Waals surface area contributed by atoms with Gasteiger partial charge in [-0.3, -0.25) is 4.79 Å². The summed E-state index contributed by atoms with van der Waals surface area (Å²) in [6.45, 7) is 3.93. The van der Waals surface area contributed by atoms with E-state index in [1.54, 1.807) is 12.1 Å². The largest absolute Gasteiger partial charge is 0.496 e. The van der Waals surface area contributed by atoms with E-state index in [0.717, 1.165) is 17.2 Å². The summed E-state index contributed by atoms with van der Waals surface area (Å²) in [5.41, 5.74) is 2.18. The molecule has 0 unspecified atom stereocenters. The summed E-state index contributed by atoms with van der Waals surface area (Å²) in [4.78, 5) is 24.7. The third-order valence-electron chi connectivity index (χ3n) is 5.00. The number of anilines is 1. The Morgan fingerprint density at radius 2 is 1.66 bits per heavy atom. The molecule has 0 aliphatic heterocycles. The molecule has 1 amide bonds. The predicted octanol–water partition coefficient (Wildman–Crippen LogP) is 5.16. The molecule has 0 heterocycles. The van der Waals surface area contributed by atoms with Crippen LogP contribution in [0, 0.1) is 0 Å². The molecule has 1 atom stereocenters. The number of fused-ring (bicyclic) bond motifs is 1. The summed E-state index contributed by atoms with van der Waals surface area (Å²) in [6.07, 6.45) is 1.06. The molecule has 0 aliphatic carbocycles. The Kier molecular flexibility index (Phi) is 6.50. The molecular weight excluding hydrogens is 366 g/mol. The van der Waals surface area contributed by atoms with Crippen LogP contribution in [0.5, 0.6) is 5.75 Å². The van der Waals surface area contributed by atoms with Crippen molar-refractivity contribution in [3.8, 4) is 5.75 Å². The van der Waals surface area contributed by atoms with Crippen molar-refractivity contribution < 1.29 is 19.1 Å². The highest BCUT2D eigenvalue weighted by Crippen LogP contribution is 2.26. The second kappa shape index (κ2) is 9.24. The van der Waals surface area contributed by atoms with Gasteiger partial charge in [0.25, 0.3) is 5.91 Å². The highest BCUT2D eigenvalue weighted by atomic mass is 16.5. The molecule has 3 aromatic carbocycles. The van der Waals surface area contributed by atoms with Gasteiger partial charge in [-0.25, -0.2) is 4.79 Å². The number of hydrogen-bond donors (Lipinski definition) is 1. The fourth-order valence-electron chi connectivity index (χ4n) is 3.08. The third-order valence-corrected chi connectivity index (χ3v) is 5.00. The first-order valence-corrected chi connectivity index (χ1v) is 9.65. The van der Waals surface area contributed by atoms with Crippen molar-refractivity contribution in [1.82, 2.24) is 0 Å². The van der Waals surface area contributed by atoms with E-state index in [4.69, 9.17) is 9.47 Å². The maximum absolute atomic E-state index is 12.5. The summed E-state index contributed by atoms with van der Waals surface area (Å²) in [7, 11) is 1.50. The smallest absolute Gasteiger partial charge is 0.342 e. The number of hydrogen-bond acceptors (Lipinski definition) is 4. The monoisotopic (exact) mass is 391 g/mol. The van der Waals surface area contributed by atoms with Crippen molar-refractivity contribution in [2.45, 2.75) is 26.2 Å². The summed E-state index contributed by atoms with van der Waals surface area (Å²) < 4.78 is 10.5. The van der Waals surface area contributed by atoms with Crippen molar-refractivity contribution in [3.05, 3.63) is 71.8 Å². The lowest BCUT2D eigenvalue weighted by atomic mass is 9.99. The van der Waals surface area contributed by atoms with Crippen LogP contribution in [-0.4, -0.2) is 25.6 Å². The molecule has 0 bridgehead atoms. The van der Waals surface area contributed by atoms with Crippen LogP contribution in [0.25, 0.3) is 10.8 Å². The van der Waals surface area contributed by atoms with E-state index >= 15 is 0 Å². The highest BCUT2D eigenvalue weighted by molar-refractivity contribution is 6.00. The maximum atomic E-state index is 12.5. The van der Waals surface area contributed by atoms with Gasteiger partial charge >= 0.3 is 5.97 Å². The Morgan fingerprint density at radius 3 is 2.28 bits per heavy atom. The van der Waals surface area contributed by atoms with Gasteiger partial charge in [0.15, 0.2) is 6.61 Å². The lowest BCUT2D eigenvalue weighted by Gasteiger charge is -2.12. The van der Waals surface area contributed by atoms with E-state index in [2.05, 4.69) is 19.2 Å². The van der Waals surface area contributed by atoms with Crippen LogP contribution in [0.1, 0.15) is 42.1 Å². The van der Waals surface area contributed by atoms with E-state index in [1.165, 1.54) is 12.7 Å². The fraction of sp³-hybridized carbons (Fsp3) is 0.250. The van der Waals surface area contributed by atoms with E-state index in [0.29, 0.717) is 17.4 Å². The molecule has 3 aromatic rings. The Labute approximate surface area is 170 Å². The predicted molar refractivity (Wildman–Crippen MR) is 115 cm³/mol. The molecule has 0 radical (unpaired) electrons. The van der Waals surface area contributed by atoms with Crippen LogP contribution in [0.2, 0.25) is 0 Å². The van der Waals surface area contributed by atoms with Gasteiger partial charge in [-0.15, -0.1) is 0 Å². The zero-order valence-corrected chi connectivity index (χ0v) is 16.9. The molecule has 5 nitrogen and oxygen atoms in total. The van der Waals surface area contributed by atoms with Gasteiger partial charge < -0.3 is 14.8 Å². The topological polar surface area (TPSA) is 64.6 Å². The van der Waals surface area contributed by atoms with E-state index in [-0.39, 0.29) is 12.2 Å². The minimum atomic E-state index is -0.602. The van der Waals surface area contributed by atoms with Gasteiger partial charge in [-0.2, -0.15) is 0 Å². The minimum Gasteiger partial charge on any atom is -0.496 e. The number of methoxy groups -OCH3 is 1. The normalized spacial score (nSPS) is 11.7. The molecule has 0 aliphatic rings. The first kappa shape index (κ1) is 20.4. The summed E-state index contributed by atoms with van der Waals surface area (Å²) >= 11 is 0. The van der Waals surface area contributed by atoms with Crippen LogP contribution in [0.3, 0.4) is 0 Å². The number of esters is 1. The van der Waals surface area contributed by atoms with Gasteiger partial charge in [-0.1, -0.05) is 50.2 Å². The Morgan fingerprint density at radius 1 is 1.00 bits per heavy atom. The Hall–Kier alpha value is -3.34. The molecule has 1 N–H and O–H groups in total. The quantitative estimate of drug-likeness (QED) is 0.565. The first-order valence-electron chi connectivity index (χ1n) is 9.65. The van der Waals surface area contributed by atoms with Gasteiger partial charge in [0.2, 0.25) is 0 Å². The zero-order chi connectivity index (χ0) is 20.8. The molecule has 150 valence electrons. The van der Waals surface area contributed by atoms with Gasteiger partial charge in [0.1, 0.15) is 11.3 Å². The number of amides is 1. The van der Waals surface area contributed by atoms with Gasteiger partial charge in [0.05, 0.1) is 7.11 Å². The molecule has 0 fully saturated rings. The maximum Gasteiger partial charge on any atom is 0.342 e. The molecular formula is C24H25NO4. The number of carbonyl (C=O) groups excluding carboxylic acids is 2. The SMILES string of the molecule is CC[C@@H](C)c1ccc(NC(=O)COC(=O)c2cc3ccccc3cc2OC)cc1. The standard InChI is InChI=1S/C24H25NO4/c1-4-16(2)17-9-11-20(12-10-17)25-23(26)15-29-24(27)21-13-18-7-5-6-8-19(18)14-22(21)28-3/h5-14,16H,4,15H2,1-3H3,(H,25,26)/t16-/m1/s1. The van der Waals surface area contributed by atoms with Crippen LogP contribution < -0.4 is 10.1 Å². The number of rotatable bonds is 7. The number of ether oxygens (including phenoxy) is 2. The van der Waals surface area contributed by atoms with Crippen molar-refractivity contribution in [2.75, 3.05) is 19.0 Å². The number of carbonyl (C=O) groups is 2. The average molecular weight is 391 g/mol. The summed E-state index contributed by atoms with van der Waals surface area (Å²) in [5.74, 6) is -0.114. The molecule has 5 heteroatoms. The van der Waals surface area contributed by atoms with Crippen molar-refractivity contribution in [3.63, 3.8) is 0 Å². The number of benzene rings is 3. The summed E-state index contributed by atoms with van der Waals surface area (Å²) in [5, 5.41) is 4.60. The molecule has 3 rings (SSSR count). The molecule has 0 saturated carbocycles. The second-order valence-corrected chi connectivity index (χ2v) is 6.96. The van der Waals surface area contributed by atoms with Crippen molar-refractivity contribution in [2.24, 2.45) is 0 Å². The van der Waals surface area contributed by atoms with Crippen LogP contribution in [0.4, 0.5) is 5.69 Å². The molecule has 29 heavy (non-hydrogen) atoms. The van der Waals surface area contributed by atoms with Crippen molar-refractivity contribution >= 4 is 28.3 Å². The van der Waals surface area contributed by atoms with Crippen molar-refractivity contribution in [1.29, 1.82) is 0 Å². The lowest BCUT2D eigenvalue weighted by molar-refractivity contribution is -0.119. The zero-order valence-electron chi connectivity index (χ0n) is 16.9. The fourth-order valence-corrected chi connectivity index (χ4v) is 3.08. The van der Waals surface area contributed by atoms with Crippen LogP contribution in [-0.2, 0) is 9.53 Å². The molecule has 0 saturated heterocycles. The first-order chi connectivity index (χ1) is 14.0. The molecule has 0 aromatic heterocycles. The number of nitrogens with one attached hydrogen (secondary N) is 1. The Bertz CT molecular complexity index is 1010. The lowest BCUT2D eigenvalue weighted by Crippen LogP contribution is -2.21. The van der Waals surface area contributed by atoms with Gasteiger partial charge in [-0.05, 0) is 52.9 Å². The van der Waals surface area contributed by atoms with Crippen LogP contribution in [0.15, 0.2) is 60.7 Å². The van der Waals surface area contributed by atoms with Gasteiger partial charge in [0, 0.05) is 5.69 Å². The third kappa shape index (κ3) is 4.93. The highest BCUT2D eigenvalue weighted by Gasteiger charge is 2.16. The molecule has 0 spiro atoms. The van der Waals surface area contributed by atoms with Crippen LogP contribution >= 0.6 is 0 Å². The van der Waals surface area contributed by atoms with E-state index in [1.807, 2.05) is 48.5 Å². The minimum absolute atomic E-state index is 0.289. The summed E-state index contributed by atoms with van der Waals surface area (Å²) in [6, 6.07) is 18.8. The Balaban J connectivity index is 1.63. The second-order valence-electron chi connectivity index (χ2n) is 6.96. The van der Waals surface area contributed by atoms with E-state index < -0.39 is 11.9 Å². The average Bonchev–Trinajstić information content (AvgIpc) is 2.76.